The normalized spacial score (nSPS) is 11.7. The van der Waals surface area contributed by atoms with E-state index < -0.39 is 11.9 Å². The number of aryl methyl sites for hydroxylation is 1. The Morgan fingerprint density at radius 1 is 1.64 bits per heavy atom. The number of aromatic nitrogens is 1. The highest BCUT2D eigenvalue weighted by Gasteiger charge is 2.30. The van der Waals surface area contributed by atoms with Gasteiger partial charge in [0.2, 0.25) is 0 Å². The molecular weight excluding hydrogens is 212 g/mol. The standard InChI is InChI=1S/C8H9F2NO2S/c1-4-7(8(2,9)10)14-5(11-4)3-6(12)13/h3H2,1-2H3,(H,12,13). The molecule has 1 rings (SSSR count). The highest BCUT2D eigenvalue weighted by atomic mass is 32.1. The fourth-order valence-electron chi connectivity index (χ4n) is 1.06. The second kappa shape index (κ2) is 3.61. The van der Waals surface area contributed by atoms with Crippen LogP contribution in [0.2, 0.25) is 0 Å². The van der Waals surface area contributed by atoms with E-state index in [9.17, 15) is 13.6 Å². The molecule has 6 heteroatoms. The van der Waals surface area contributed by atoms with Crippen molar-refractivity contribution in [3.8, 4) is 0 Å². The third-order valence-electron chi connectivity index (χ3n) is 1.54. The first-order valence-electron chi connectivity index (χ1n) is 3.87. The van der Waals surface area contributed by atoms with E-state index in [1.165, 1.54) is 6.92 Å². The molecular formula is C8H9F2NO2S. The molecule has 3 nitrogen and oxygen atoms in total. The number of aliphatic carboxylic acids is 1. The molecule has 0 atom stereocenters. The van der Waals surface area contributed by atoms with Crippen molar-refractivity contribution >= 4 is 17.3 Å². The molecule has 0 spiro atoms. The first-order chi connectivity index (χ1) is 6.30. The predicted molar refractivity (Wildman–Crippen MR) is 47.8 cm³/mol. The number of carbonyl (C=O) groups is 1. The zero-order chi connectivity index (χ0) is 10.9. The Hall–Kier alpha value is -1.04. The van der Waals surface area contributed by atoms with Crippen molar-refractivity contribution in [1.82, 2.24) is 4.98 Å². The molecule has 14 heavy (non-hydrogen) atoms. The Kier molecular flexibility index (Phi) is 2.84. The Morgan fingerprint density at radius 2 is 2.21 bits per heavy atom. The minimum Gasteiger partial charge on any atom is -0.481 e. The summed E-state index contributed by atoms with van der Waals surface area (Å²) >= 11 is 0.753. The molecule has 0 fully saturated rings. The number of carboxylic acid groups (broad SMARTS) is 1. The second-order valence-corrected chi connectivity index (χ2v) is 4.06. The predicted octanol–water partition coefficient (Wildman–Crippen LogP) is 2.19. The molecule has 0 radical (unpaired) electrons. The van der Waals surface area contributed by atoms with E-state index in [4.69, 9.17) is 5.11 Å². The van der Waals surface area contributed by atoms with Gasteiger partial charge in [0.05, 0.1) is 17.0 Å². The van der Waals surface area contributed by atoms with Crippen molar-refractivity contribution in [2.45, 2.75) is 26.2 Å². The van der Waals surface area contributed by atoms with Gasteiger partial charge in [-0.2, -0.15) is 0 Å². The molecule has 1 aromatic rings. The maximum absolute atomic E-state index is 12.9. The lowest BCUT2D eigenvalue weighted by molar-refractivity contribution is -0.136. The third kappa shape index (κ3) is 2.47. The van der Waals surface area contributed by atoms with Crippen LogP contribution in [0.1, 0.15) is 22.5 Å². The van der Waals surface area contributed by atoms with Crippen LogP contribution in [0.3, 0.4) is 0 Å². The van der Waals surface area contributed by atoms with Crippen molar-refractivity contribution in [2.75, 3.05) is 0 Å². The van der Waals surface area contributed by atoms with Gasteiger partial charge in [-0.3, -0.25) is 4.79 Å². The van der Waals surface area contributed by atoms with E-state index >= 15 is 0 Å². The van der Waals surface area contributed by atoms with E-state index in [0.717, 1.165) is 18.3 Å². The zero-order valence-electron chi connectivity index (χ0n) is 7.67. The Bertz CT molecular complexity index is 357. The lowest BCUT2D eigenvalue weighted by atomic mass is 10.3. The molecule has 1 N–H and O–H groups in total. The zero-order valence-corrected chi connectivity index (χ0v) is 8.49. The third-order valence-corrected chi connectivity index (χ3v) is 2.87. The van der Waals surface area contributed by atoms with Crippen LogP contribution in [0.25, 0.3) is 0 Å². The van der Waals surface area contributed by atoms with Gasteiger partial charge in [-0.05, 0) is 6.92 Å². The van der Waals surface area contributed by atoms with E-state index in [1.54, 1.807) is 0 Å². The molecule has 0 amide bonds. The fourth-order valence-corrected chi connectivity index (χ4v) is 2.05. The Balaban J connectivity index is 2.99. The Labute approximate surface area is 83.4 Å². The van der Waals surface area contributed by atoms with Crippen molar-refractivity contribution in [1.29, 1.82) is 0 Å². The van der Waals surface area contributed by atoms with Crippen LogP contribution in [-0.2, 0) is 17.1 Å². The van der Waals surface area contributed by atoms with E-state index in [-0.39, 0.29) is 22.0 Å². The van der Waals surface area contributed by atoms with Crippen molar-refractivity contribution in [3.63, 3.8) is 0 Å². The minimum absolute atomic E-state index is 0.159. The number of nitrogens with zero attached hydrogens (tertiary/aromatic N) is 1. The largest absolute Gasteiger partial charge is 0.481 e. The Morgan fingerprint density at radius 3 is 2.57 bits per heavy atom. The van der Waals surface area contributed by atoms with E-state index in [0.29, 0.717) is 0 Å². The van der Waals surface area contributed by atoms with Gasteiger partial charge in [0.1, 0.15) is 5.01 Å². The van der Waals surface area contributed by atoms with Crippen molar-refractivity contribution in [2.24, 2.45) is 0 Å². The van der Waals surface area contributed by atoms with Gasteiger partial charge in [0.15, 0.2) is 0 Å². The second-order valence-electron chi connectivity index (χ2n) is 2.98. The summed E-state index contributed by atoms with van der Waals surface area (Å²) in [5.74, 6) is -4.01. The monoisotopic (exact) mass is 221 g/mol. The van der Waals surface area contributed by atoms with Crippen LogP contribution in [0.4, 0.5) is 8.78 Å². The number of hydrogen-bond donors (Lipinski definition) is 1. The maximum Gasteiger partial charge on any atom is 0.310 e. The molecule has 0 aliphatic heterocycles. The van der Waals surface area contributed by atoms with Gasteiger partial charge >= 0.3 is 5.97 Å². The van der Waals surface area contributed by atoms with Crippen molar-refractivity contribution in [3.05, 3.63) is 15.6 Å². The first-order valence-corrected chi connectivity index (χ1v) is 4.68. The molecule has 0 aliphatic carbocycles. The summed E-state index contributed by atoms with van der Waals surface area (Å²) in [6.45, 7) is 2.23. The average molecular weight is 221 g/mol. The van der Waals surface area contributed by atoms with E-state index in [1.807, 2.05) is 0 Å². The lowest BCUT2D eigenvalue weighted by Gasteiger charge is -2.06. The number of hydrogen-bond acceptors (Lipinski definition) is 3. The molecule has 78 valence electrons. The molecule has 1 aromatic heterocycles. The highest BCUT2D eigenvalue weighted by molar-refractivity contribution is 7.12. The van der Waals surface area contributed by atoms with Gasteiger partial charge in [-0.25, -0.2) is 13.8 Å². The lowest BCUT2D eigenvalue weighted by Crippen LogP contribution is -2.05. The minimum atomic E-state index is -2.95. The average Bonchev–Trinajstić information content (AvgIpc) is 2.27. The number of thiazole rings is 1. The number of carboxylic acids is 1. The summed E-state index contributed by atoms with van der Waals surface area (Å²) in [7, 11) is 0. The van der Waals surface area contributed by atoms with Crippen LogP contribution in [0.15, 0.2) is 0 Å². The summed E-state index contributed by atoms with van der Waals surface area (Å²) in [6, 6.07) is 0. The van der Waals surface area contributed by atoms with Gasteiger partial charge in [0.25, 0.3) is 5.92 Å². The van der Waals surface area contributed by atoms with Gasteiger partial charge < -0.3 is 5.11 Å². The molecule has 0 saturated heterocycles. The first kappa shape index (κ1) is 11.0. The molecule has 0 aromatic carbocycles. The summed E-state index contributed by atoms with van der Waals surface area (Å²) in [5, 5.41) is 8.66. The number of alkyl halides is 2. The molecule has 1 heterocycles. The SMILES string of the molecule is Cc1nc(CC(=O)O)sc1C(C)(F)F. The van der Waals surface area contributed by atoms with Crippen LogP contribution in [-0.4, -0.2) is 16.1 Å². The number of rotatable bonds is 3. The molecule has 0 saturated carbocycles. The number of halogens is 2. The summed E-state index contributed by atoms with van der Waals surface area (Å²) in [6.07, 6.45) is -0.304. The van der Waals surface area contributed by atoms with Gasteiger partial charge in [-0.1, -0.05) is 0 Å². The van der Waals surface area contributed by atoms with Crippen LogP contribution >= 0.6 is 11.3 Å². The van der Waals surface area contributed by atoms with Crippen molar-refractivity contribution < 1.29 is 18.7 Å². The summed E-state index contributed by atoms with van der Waals surface area (Å²) < 4.78 is 25.8. The molecule has 0 bridgehead atoms. The summed E-state index contributed by atoms with van der Waals surface area (Å²) in [4.78, 5) is 13.9. The van der Waals surface area contributed by atoms with Crippen LogP contribution < -0.4 is 0 Å². The van der Waals surface area contributed by atoms with Gasteiger partial charge in [0, 0.05) is 6.92 Å². The van der Waals surface area contributed by atoms with Crippen LogP contribution in [0, 0.1) is 6.92 Å². The maximum atomic E-state index is 12.9. The quantitative estimate of drug-likeness (QED) is 0.851. The van der Waals surface area contributed by atoms with E-state index in [2.05, 4.69) is 4.98 Å². The van der Waals surface area contributed by atoms with Gasteiger partial charge in [-0.15, -0.1) is 11.3 Å². The highest BCUT2D eigenvalue weighted by Crippen LogP contribution is 2.34. The van der Waals surface area contributed by atoms with Crippen LogP contribution in [0.5, 0.6) is 0 Å². The smallest absolute Gasteiger partial charge is 0.310 e. The molecule has 0 unspecified atom stereocenters. The summed E-state index contributed by atoms with van der Waals surface area (Å²) in [5.41, 5.74) is 0.207. The fraction of sp³-hybridized carbons (Fsp3) is 0.500. The topological polar surface area (TPSA) is 50.2 Å². The molecule has 0 aliphatic rings.